The zero-order chi connectivity index (χ0) is 27.1. The van der Waals surface area contributed by atoms with Crippen LogP contribution in [-0.2, 0) is 5.41 Å². The van der Waals surface area contributed by atoms with Crippen molar-refractivity contribution in [1.82, 2.24) is 24.7 Å². The van der Waals surface area contributed by atoms with E-state index in [1.165, 1.54) is 12.1 Å². The molecule has 6 aromatic rings. The Kier molecular flexibility index (Phi) is 5.95. The van der Waals surface area contributed by atoms with Crippen LogP contribution in [0.1, 0.15) is 32.0 Å². The average molecular weight is 518 g/mol. The Labute approximate surface area is 225 Å². The number of nitrogens with one attached hydrogen (secondary N) is 2. The fourth-order valence-electron chi connectivity index (χ4n) is 4.57. The molecule has 0 aliphatic heterocycles. The number of halogens is 1. The van der Waals surface area contributed by atoms with Crippen LogP contribution in [0.2, 0.25) is 0 Å². The van der Waals surface area contributed by atoms with Gasteiger partial charge in [0.25, 0.3) is 0 Å². The number of nitrogens with zero attached hydrogens (tertiary/aromatic N) is 5. The van der Waals surface area contributed by atoms with Crippen LogP contribution in [0.4, 0.5) is 27.5 Å². The maximum absolute atomic E-state index is 14.2. The Morgan fingerprint density at radius 1 is 0.846 bits per heavy atom. The Morgan fingerprint density at radius 2 is 1.67 bits per heavy atom. The molecule has 0 fully saturated rings. The van der Waals surface area contributed by atoms with Crippen LogP contribution < -0.4 is 10.6 Å². The summed E-state index contributed by atoms with van der Waals surface area (Å²) in [6.07, 6.45) is 3.45. The van der Waals surface area contributed by atoms with Gasteiger partial charge in [-0.15, -0.1) is 0 Å². The van der Waals surface area contributed by atoms with Gasteiger partial charge in [0, 0.05) is 17.7 Å². The molecule has 2 N–H and O–H groups in total. The molecule has 0 aliphatic carbocycles. The number of benzene rings is 3. The van der Waals surface area contributed by atoms with Gasteiger partial charge in [-0.25, -0.2) is 19.0 Å². The molecule has 3 aromatic carbocycles. The lowest BCUT2D eigenvalue weighted by molar-refractivity contribution is 0.560. The van der Waals surface area contributed by atoms with Crippen LogP contribution in [0.5, 0.6) is 0 Å². The molecule has 0 aliphatic rings. The van der Waals surface area contributed by atoms with E-state index in [2.05, 4.69) is 55.4 Å². The van der Waals surface area contributed by atoms with Crippen molar-refractivity contribution >= 4 is 44.9 Å². The Balaban J connectivity index is 1.54. The molecule has 0 amide bonds. The first-order valence-electron chi connectivity index (χ1n) is 12.8. The fourth-order valence-corrected chi connectivity index (χ4v) is 4.57. The lowest BCUT2D eigenvalue weighted by Crippen LogP contribution is -2.12. The minimum absolute atomic E-state index is 0.225. The number of aryl methyl sites for hydroxylation is 1. The lowest BCUT2D eigenvalue weighted by Gasteiger charge is -2.16. The van der Waals surface area contributed by atoms with E-state index < -0.39 is 0 Å². The van der Waals surface area contributed by atoms with Crippen LogP contribution in [0, 0.1) is 12.7 Å². The predicted octanol–water partition coefficient (Wildman–Crippen LogP) is 7.60. The maximum atomic E-state index is 14.2. The van der Waals surface area contributed by atoms with E-state index >= 15 is 0 Å². The normalized spacial score (nSPS) is 11.7. The van der Waals surface area contributed by atoms with Crippen LogP contribution in [-0.4, -0.2) is 24.7 Å². The van der Waals surface area contributed by atoms with E-state index in [9.17, 15) is 4.39 Å². The summed E-state index contributed by atoms with van der Waals surface area (Å²) in [6, 6.07) is 22.4. The van der Waals surface area contributed by atoms with Crippen molar-refractivity contribution < 1.29 is 4.39 Å². The molecular weight excluding hydrogens is 489 g/mol. The third-order valence-electron chi connectivity index (χ3n) is 6.64. The van der Waals surface area contributed by atoms with E-state index in [1.54, 1.807) is 23.1 Å². The summed E-state index contributed by atoms with van der Waals surface area (Å²) in [7, 11) is 0. The summed E-state index contributed by atoms with van der Waals surface area (Å²) in [5.41, 5.74) is 4.63. The van der Waals surface area contributed by atoms with Gasteiger partial charge in [0.05, 0.1) is 34.3 Å². The first-order valence-corrected chi connectivity index (χ1v) is 12.8. The minimum atomic E-state index is -0.335. The second kappa shape index (κ2) is 9.47. The molecule has 6 rings (SSSR count). The van der Waals surface area contributed by atoms with E-state index in [4.69, 9.17) is 15.1 Å². The summed E-state index contributed by atoms with van der Waals surface area (Å²) in [4.78, 5) is 14.3. The van der Waals surface area contributed by atoms with Gasteiger partial charge in [0.1, 0.15) is 11.6 Å². The van der Waals surface area contributed by atoms with Crippen molar-refractivity contribution in [3.63, 3.8) is 0 Å². The first kappa shape index (κ1) is 24.5. The number of hydrogen-bond donors (Lipinski definition) is 2. The zero-order valence-corrected chi connectivity index (χ0v) is 22.2. The van der Waals surface area contributed by atoms with Crippen LogP contribution in [0.25, 0.3) is 27.5 Å². The molecule has 3 heterocycles. The predicted molar refractivity (Wildman–Crippen MR) is 155 cm³/mol. The van der Waals surface area contributed by atoms with Crippen molar-refractivity contribution in [2.75, 3.05) is 10.6 Å². The first-order chi connectivity index (χ1) is 18.8. The Morgan fingerprint density at radius 3 is 2.44 bits per heavy atom. The van der Waals surface area contributed by atoms with E-state index in [0.29, 0.717) is 23.1 Å². The van der Waals surface area contributed by atoms with Gasteiger partial charge in [0.15, 0.2) is 11.6 Å². The average Bonchev–Trinajstić information content (AvgIpc) is 3.35. The molecule has 3 aromatic heterocycles. The van der Waals surface area contributed by atoms with Gasteiger partial charge >= 0.3 is 0 Å². The van der Waals surface area contributed by atoms with Gasteiger partial charge in [-0.2, -0.15) is 5.10 Å². The third-order valence-corrected chi connectivity index (χ3v) is 6.64. The number of pyridine rings is 1. The monoisotopic (exact) mass is 517 g/mol. The topological polar surface area (TPSA) is 80.5 Å². The molecule has 0 saturated carbocycles. The number of aromatic nitrogens is 5. The van der Waals surface area contributed by atoms with Gasteiger partial charge < -0.3 is 10.6 Å². The van der Waals surface area contributed by atoms with Gasteiger partial charge in [-0.3, -0.25) is 4.98 Å². The van der Waals surface area contributed by atoms with Crippen molar-refractivity contribution in [2.45, 2.75) is 33.1 Å². The minimum Gasteiger partial charge on any atom is -0.336 e. The summed E-state index contributed by atoms with van der Waals surface area (Å²) in [5, 5.41) is 13.9. The highest BCUT2D eigenvalue weighted by atomic mass is 19.1. The third kappa shape index (κ3) is 4.77. The van der Waals surface area contributed by atoms with Crippen molar-refractivity contribution in [2.24, 2.45) is 0 Å². The molecule has 0 saturated heterocycles. The lowest BCUT2D eigenvalue weighted by atomic mass is 9.92. The number of anilines is 4. The van der Waals surface area contributed by atoms with Crippen LogP contribution >= 0.6 is 0 Å². The van der Waals surface area contributed by atoms with E-state index in [1.807, 2.05) is 42.5 Å². The standard InChI is InChI=1S/C31H28FN7/c1-19-24-13-6-5-9-20(24)15-25-28(19)37-29(34-22-11-8-14-33-18-22)30(35-25)36-27-17-26(31(2,3)4)38-39(27)23-12-7-10-21(32)16-23/h5-18H,1-4H3,(H,34,37)(H,35,36). The molecule has 0 atom stereocenters. The molecular formula is C31H28FN7. The Hall–Kier alpha value is -4.85. The van der Waals surface area contributed by atoms with Crippen LogP contribution in [0.15, 0.2) is 85.2 Å². The molecule has 39 heavy (non-hydrogen) atoms. The largest absolute Gasteiger partial charge is 0.336 e. The second-order valence-corrected chi connectivity index (χ2v) is 10.6. The SMILES string of the molecule is Cc1c2ccccc2cc2nc(Nc3cc(C(C)(C)C)nn3-c3cccc(F)c3)c(Nc3cccnc3)nc12. The fraction of sp³-hybridized carbons (Fsp3) is 0.161. The molecule has 0 bridgehead atoms. The molecule has 194 valence electrons. The number of hydrogen-bond acceptors (Lipinski definition) is 6. The van der Waals surface area contributed by atoms with Crippen LogP contribution in [0.3, 0.4) is 0 Å². The van der Waals surface area contributed by atoms with Gasteiger partial charge in [0.2, 0.25) is 0 Å². The highest BCUT2D eigenvalue weighted by molar-refractivity contribution is 6.00. The molecule has 8 heteroatoms. The molecule has 0 radical (unpaired) electrons. The quantitative estimate of drug-likeness (QED) is 0.229. The molecule has 0 unspecified atom stereocenters. The van der Waals surface area contributed by atoms with Gasteiger partial charge in [-0.05, 0) is 59.7 Å². The zero-order valence-electron chi connectivity index (χ0n) is 22.2. The summed E-state index contributed by atoms with van der Waals surface area (Å²) in [6.45, 7) is 8.34. The van der Waals surface area contributed by atoms with Gasteiger partial charge in [-0.1, -0.05) is 51.1 Å². The highest BCUT2D eigenvalue weighted by Crippen LogP contribution is 2.34. The molecule has 0 spiro atoms. The molecule has 7 nitrogen and oxygen atoms in total. The number of rotatable bonds is 5. The van der Waals surface area contributed by atoms with E-state index in [-0.39, 0.29) is 11.2 Å². The maximum Gasteiger partial charge on any atom is 0.175 e. The summed E-state index contributed by atoms with van der Waals surface area (Å²) in [5.74, 6) is 1.36. The second-order valence-electron chi connectivity index (χ2n) is 10.6. The van der Waals surface area contributed by atoms with Crippen molar-refractivity contribution in [3.05, 3.63) is 102 Å². The van der Waals surface area contributed by atoms with Crippen molar-refractivity contribution in [3.8, 4) is 5.69 Å². The van der Waals surface area contributed by atoms with Crippen molar-refractivity contribution in [1.29, 1.82) is 0 Å². The smallest absolute Gasteiger partial charge is 0.175 e. The summed E-state index contributed by atoms with van der Waals surface area (Å²) < 4.78 is 15.9. The Bertz CT molecular complexity index is 1820. The van der Waals surface area contributed by atoms with E-state index in [0.717, 1.165) is 38.8 Å². The highest BCUT2D eigenvalue weighted by Gasteiger charge is 2.22. The number of fused-ring (bicyclic) bond motifs is 2. The summed E-state index contributed by atoms with van der Waals surface area (Å²) >= 11 is 0.